The fourth-order valence-electron chi connectivity index (χ4n) is 3.05. The van der Waals surface area contributed by atoms with Crippen molar-refractivity contribution in [2.45, 2.75) is 38.1 Å². The lowest BCUT2D eigenvalue weighted by molar-refractivity contribution is 0.0916. The van der Waals surface area contributed by atoms with Crippen molar-refractivity contribution in [2.24, 2.45) is 5.92 Å². The van der Waals surface area contributed by atoms with Crippen molar-refractivity contribution >= 4 is 5.91 Å². The Morgan fingerprint density at radius 3 is 2.67 bits per heavy atom. The number of carbonyl (C=O) groups excluding carboxylic acids is 1. The lowest BCUT2D eigenvalue weighted by Crippen LogP contribution is -2.45. The summed E-state index contributed by atoms with van der Waals surface area (Å²) in [5, 5.41) is 8.96. The van der Waals surface area contributed by atoms with Gasteiger partial charge in [-0.3, -0.25) is 9.59 Å². The van der Waals surface area contributed by atoms with Gasteiger partial charge in [0.05, 0.1) is 0 Å². The molecular weight excluding hydrogens is 268 g/mol. The molecule has 1 amide bonds. The van der Waals surface area contributed by atoms with Gasteiger partial charge >= 0.3 is 0 Å². The number of aromatic nitrogens is 2. The zero-order valence-electron chi connectivity index (χ0n) is 12.8. The highest BCUT2D eigenvalue weighted by Crippen LogP contribution is 2.28. The van der Waals surface area contributed by atoms with Gasteiger partial charge in [0.25, 0.3) is 11.5 Å². The second kappa shape index (κ2) is 7.36. The van der Waals surface area contributed by atoms with Crippen molar-refractivity contribution in [1.29, 1.82) is 0 Å². The third kappa shape index (κ3) is 4.39. The van der Waals surface area contributed by atoms with Crippen molar-refractivity contribution in [2.75, 3.05) is 20.6 Å². The monoisotopic (exact) mass is 292 g/mol. The third-order valence-corrected chi connectivity index (χ3v) is 4.24. The maximum absolute atomic E-state index is 12.1. The molecule has 1 fully saturated rings. The summed E-state index contributed by atoms with van der Waals surface area (Å²) in [7, 11) is 4.12. The zero-order chi connectivity index (χ0) is 15.2. The van der Waals surface area contributed by atoms with Crippen molar-refractivity contribution in [3.63, 3.8) is 0 Å². The van der Waals surface area contributed by atoms with E-state index in [-0.39, 0.29) is 17.2 Å². The van der Waals surface area contributed by atoms with E-state index in [2.05, 4.69) is 34.5 Å². The van der Waals surface area contributed by atoms with Gasteiger partial charge < -0.3 is 10.2 Å². The molecule has 1 atom stereocenters. The first-order valence-electron chi connectivity index (χ1n) is 7.58. The number of amides is 1. The van der Waals surface area contributed by atoms with E-state index in [1.54, 1.807) is 0 Å². The minimum Gasteiger partial charge on any atom is -0.349 e. The van der Waals surface area contributed by atoms with E-state index in [4.69, 9.17) is 0 Å². The number of hydrogen-bond donors (Lipinski definition) is 2. The molecule has 2 N–H and O–H groups in total. The van der Waals surface area contributed by atoms with Crippen LogP contribution in [0.3, 0.4) is 0 Å². The maximum atomic E-state index is 12.1. The highest BCUT2D eigenvalue weighted by molar-refractivity contribution is 5.91. The van der Waals surface area contributed by atoms with Gasteiger partial charge in [0.15, 0.2) is 0 Å². The van der Waals surface area contributed by atoms with Gasteiger partial charge in [-0.05, 0) is 38.9 Å². The number of hydrogen-bond acceptors (Lipinski definition) is 4. The molecule has 1 aliphatic rings. The van der Waals surface area contributed by atoms with Crippen LogP contribution >= 0.6 is 0 Å². The fourth-order valence-corrected chi connectivity index (χ4v) is 3.05. The number of aromatic amines is 1. The number of nitrogens with zero attached hydrogens (tertiary/aromatic N) is 2. The van der Waals surface area contributed by atoms with E-state index in [0.29, 0.717) is 18.5 Å². The predicted octanol–water partition coefficient (Wildman–Crippen LogP) is 1.01. The van der Waals surface area contributed by atoms with Crippen LogP contribution in [-0.4, -0.2) is 47.7 Å². The van der Waals surface area contributed by atoms with Gasteiger partial charge in [0.2, 0.25) is 0 Å². The molecule has 116 valence electrons. The molecule has 0 bridgehead atoms. The summed E-state index contributed by atoms with van der Waals surface area (Å²) < 4.78 is 0. The van der Waals surface area contributed by atoms with Crippen LogP contribution < -0.4 is 10.9 Å². The summed E-state index contributed by atoms with van der Waals surface area (Å²) in [6.07, 6.45) is 6.35. The summed E-state index contributed by atoms with van der Waals surface area (Å²) in [5.74, 6) is 0.395. The SMILES string of the molecule is CN(C)[C@H](CNC(=O)c1ccc(=O)[nH]n1)C1CCCCC1. The largest absolute Gasteiger partial charge is 0.349 e. The molecule has 1 aromatic rings. The molecule has 1 aliphatic carbocycles. The van der Waals surface area contributed by atoms with Crippen LogP contribution in [0.15, 0.2) is 16.9 Å². The molecule has 6 nitrogen and oxygen atoms in total. The lowest BCUT2D eigenvalue weighted by atomic mass is 9.83. The van der Waals surface area contributed by atoms with Crippen molar-refractivity contribution < 1.29 is 4.79 Å². The summed E-state index contributed by atoms with van der Waals surface area (Å²) in [6.45, 7) is 0.608. The smallest absolute Gasteiger partial charge is 0.271 e. The van der Waals surface area contributed by atoms with E-state index in [9.17, 15) is 9.59 Å². The molecule has 0 unspecified atom stereocenters. The molecule has 1 heterocycles. The Balaban J connectivity index is 1.93. The van der Waals surface area contributed by atoms with Crippen molar-refractivity contribution in [3.05, 3.63) is 28.2 Å². The Labute approximate surface area is 124 Å². The van der Waals surface area contributed by atoms with E-state index in [0.717, 1.165) is 0 Å². The zero-order valence-corrected chi connectivity index (χ0v) is 12.8. The number of rotatable bonds is 5. The van der Waals surface area contributed by atoms with Crippen LogP contribution in [0.1, 0.15) is 42.6 Å². The van der Waals surface area contributed by atoms with Crippen LogP contribution in [0.2, 0.25) is 0 Å². The molecule has 21 heavy (non-hydrogen) atoms. The second-order valence-electron chi connectivity index (χ2n) is 5.95. The Hall–Kier alpha value is -1.69. The molecule has 0 radical (unpaired) electrons. The topological polar surface area (TPSA) is 78.1 Å². The highest BCUT2D eigenvalue weighted by atomic mass is 16.2. The molecule has 0 spiro atoms. The minimum absolute atomic E-state index is 0.242. The van der Waals surface area contributed by atoms with Crippen LogP contribution in [0.4, 0.5) is 0 Å². The Morgan fingerprint density at radius 1 is 1.38 bits per heavy atom. The molecule has 6 heteroatoms. The van der Waals surface area contributed by atoms with E-state index < -0.39 is 0 Å². The van der Waals surface area contributed by atoms with Crippen LogP contribution in [-0.2, 0) is 0 Å². The summed E-state index contributed by atoms with van der Waals surface area (Å²) in [5.41, 5.74) is -0.0596. The van der Waals surface area contributed by atoms with Crippen LogP contribution in [0.5, 0.6) is 0 Å². The number of likely N-dealkylation sites (N-methyl/N-ethyl adjacent to an activating group) is 1. The molecule has 1 aromatic heterocycles. The van der Waals surface area contributed by atoms with Gasteiger partial charge in [-0.2, -0.15) is 5.10 Å². The number of H-pyrrole nitrogens is 1. The maximum Gasteiger partial charge on any atom is 0.271 e. The minimum atomic E-state index is -0.306. The van der Waals surface area contributed by atoms with Gasteiger partial charge in [0.1, 0.15) is 5.69 Å². The van der Waals surface area contributed by atoms with Gasteiger partial charge in [-0.15, -0.1) is 0 Å². The molecule has 0 aliphatic heterocycles. The number of carbonyl (C=O) groups is 1. The highest BCUT2D eigenvalue weighted by Gasteiger charge is 2.25. The van der Waals surface area contributed by atoms with Crippen LogP contribution in [0.25, 0.3) is 0 Å². The molecule has 2 rings (SSSR count). The first kappa shape index (κ1) is 15.7. The van der Waals surface area contributed by atoms with Crippen molar-refractivity contribution in [3.8, 4) is 0 Å². The van der Waals surface area contributed by atoms with E-state index >= 15 is 0 Å². The predicted molar refractivity (Wildman–Crippen MR) is 81.2 cm³/mol. The Bertz CT molecular complexity index is 500. The number of nitrogens with one attached hydrogen (secondary N) is 2. The molecule has 1 saturated carbocycles. The van der Waals surface area contributed by atoms with Gasteiger partial charge in [-0.1, -0.05) is 19.3 Å². The normalized spacial score (nSPS) is 17.7. The van der Waals surface area contributed by atoms with E-state index in [1.807, 2.05) is 0 Å². The van der Waals surface area contributed by atoms with Gasteiger partial charge in [-0.25, -0.2) is 5.10 Å². The average Bonchev–Trinajstić information content (AvgIpc) is 2.48. The van der Waals surface area contributed by atoms with Gasteiger partial charge in [0, 0.05) is 18.7 Å². The fraction of sp³-hybridized carbons (Fsp3) is 0.667. The molecule has 0 aromatic carbocycles. The van der Waals surface area contributed by atoms with E-state index in [1.165, 1.54) is 44.2 Å². The molecular formula is C15H24N4O2. The average molecular weight is 292 g/mol. The second-order valence-corrected chi connectivity index (χ2v) is 5.95. The lowest BCUT2D eigenvalue weighted by Gasteiger charge is -2.34. The van der Waals surface area contributed by atoms with Crippen LogP contribution in [0, 0.1) is 5.92 Å². The first-order valence-corrected chi connectivity index (χ1v) is 7.58. The summed E-state index contributed by atoms with van der Waals surface area (Å²) in [6, 6.07) is 3.10. The summed E-state index contributed by atoms with van der Waals surface area (Å²) in [4.78, 5) is 25.2. The summed E-state index contributed by atoms with van der Waals surface area (Å²) >= 11 is 0. The Kier molecular flexibility index (Phi) is 5.50. The first-order chi connectivity index (χ1) is 10.1. The molecule has 0 saturated heterocycles. The third-order valence-electron chi connectivity index (χ3n) is 4.24. The quantitative estimate of drug-likeness (QED) is 0.849. The Morgan fingerprint density at radius 2 is 2.10 bits per heavy atom. The standard InChI is InChI=1S/C15H24N4O2/c1-19(2)13(11-6-4-3-5-7-11)10-16-15(21)12-8-9-14(20)18-17-12/h8-9,11,13H,3-7,10H2,1-2H3,(H,16,21)(H,18,20)/t13-/m1/s1. The van der Waals surface area contributed by atoms with Crippen molar-refractivity contribution in [1.82, 2.24) is 20.4 Å².